The van der Waals surface area contributed by atoms with Gasteiger partial charge in [0.25, 0.3) is 5.56 Å². The summed E-state index contributed by atoms with van der Waals surface area (Å²) >= 11 is 0. The average molecular weight is 444 g/mol. The van der Waals surface area contributed by atoms with Crippen molar-refractivity contribution in [2.75, 3.05) is 0 Å². The summed E-state index contributed by atoms with van der Waals surface area (Å²) in [5, 5.41) is 21.1. The number of aromatic carboxylic acids is 1. The Morgan fingerprint density at radius 1 is 0.970 bits per heavy atom. The van der Waals surface area contributed by atoms with Crippen LogP contribution in [-0.4, -0.2) is 31.0 Å². The summed E-state index contributed by atoms with van der Waals surface area (Å²) in [4.78, 5) is 45.1. The number of nitrogens with zero attached hydrogens (tertiary/aromatic N) is 2. The fourth-order valence-electron chi connectivity index (χ4n) is 3.75. The highest BCUT2D eigenvalue weighted by Gasteiger charge is 2.27. The van der Waals surface area contributed by atoms with Gasteiger partial charge < -0.3 is 15.1 Å². The molecule has 0 amide bonds. The lowest BCUT2D eigenvalue weighted by Crippen LogP contribution is -2.12. The first kappa shape index (κ1) is 20.1. The summed E-state index contributed by atoms with van der Waals surface area (Å²) in [6, 6.07) is 14.8. The number of carboxylic acids is 1. The average Bonchev–Trinajstić information content (AvgIpc) is 3.17. The summed E-state index contributed by atoms with van der Waals surface area (Å²) in [5.74, 6) is -1.60. The van der Waals surface area contributed by atoms with Crippen LogP contribution in [0.15, 0.2) is 65.5 Å². The Hall–Kier alpha value is -4.86. The minimum Gasteiger partial charge on any atom is -0.478 e. The topological polar surface area (TPSA) is 142 Å². The molecule has 10 heteroatoms. The molecule has 0 saturated heterocycles. The van der Waals surface area contributed by atoms with E-state index >= 15 is 0 Å². The molecule has 0 spiro atoms. The van der Waals surface area contributed by atoms with Gasteiger partial charge in [-0.15, -0.1) is 0 Å². The zero-order chi connectivity index (χ0) is 23.3. The van der Waals surface area contributed by atoms with Crippen molar-refractivity contribution in [3.63, 3.8) is 0 Å². The van der Waals surface area contributed by atoms with Crippen LogP contribution in [0.2, 0.25) is 0 Å². The first-order valence-corrected chi connectivity index (χ1v) is 9.65. The molecule has 5 aromatic rings. The van der Waals surface area contributed by atoms with Crippen LogP contribution in [0.1, 0.15) is 10.4 Å². The molecule has 33 heavy (non-hydrogen) atoms. The standard InChI is InChI=1S/C23H13FN4O5/c24-14-5-1-11(2-6-14)12-3-8-17-18(10-12)27-22(29)20(26-17)19-21(28(32)33)15-9-13(23(30)31)4-7-16(15)25-19/h1-10,25H,(H,27,29)(H,30,31). The Kier molecular flexibility index (Phi) is 4.49. The molecule has 3 N–H and O–H groups in total. The van der Waals surface area contributed by atoms with Gasteiger partial charge in [0.2, 0.25) is 0 Å². The number of nitro groups is 1. The summed E-state index contributed by atoms with van der Waals surface area (Å²) in [7, 11) is 0. The number of rotatable bonds is 4. The number of nitrogens with one attached hydrogen (secondary N) is 2. The molecule has 162 valence electrons. The fourth-order valence-corrected chi connectivity index (χ4v) is 3.75. The smallest absolute Gasteiger partial charge is 0.335 e. The Morgan fingerprint density at radius 3 is 2.39 bits per heavy atom. The van der Waals surface area contributed by atoms with E-state index in [1.807, 2.05) is 0 Å². The number of aromatic amines is 2. The number of fused-ring (bicyclic) bond motifs is 2. The predicted molar refractivity (Wildman–Crippen MR) is 119 cm³/mol. The van der Waals surface area contributed by atoms with Crippen molar-refractivity contribution in [3.8, 4) is 22.5 Å². The first-order chi connectivity index (χ1) is 15.8. The van der Waals surface area contributed by atoms with E-state index in [0.29, 0.717) is 16.6 Å². The van der Waals surface area contributed by atoms with Crippen LogP contribution in [0.5, 0.6) is 0 Å². The summed E-state index contributed by atoms with van der Waals surface area (Å²) in [6.07, 6.45) is 0. The van der Waals surface area contributed by atoms with Crippen molar-refractivity contribution in [2.45, 2.75) is 0 Å². The molecule has 0 aliphatic carbocycles. The van der Waals surface area contributed by atoms with Gasteiger partial charge >= 0.3 is 11.7 Å². The second-order valence-electron chi connectivity index (χ2n) is 7.32. The molecule has 0 aliphatic rings. The molecule has 0 saturated carbocycles. The molecule has 3 aromatic carbocycles. The van der Waals surface area contributed by atoms with E-state index in [-0.39, 0.29) is 28.2 Å². The molecule has 0 atom stereocenters. The number of H-pyrrole nitrogens is 2. The second kappa shape index (κ2) is 7.38. The lowest BCUT2D eigenvalue weighted by molar-refractivity contribution is -0.382. The quantitative estimate of drug-likeness (QED) is 0.275. The molecular formula is C23H13FN4O5. The van der Waals surface area contributed by atoms with Crippen molar-refractivity contribution >= 4 is 33.6 Å². The number of hydrogen-bond acceptors (Lipinski definition) is 5. The van der Waals surface area contributed by atoms with Crippen molar-refractivity contribution in [3.05, 3.63) is 92.5 Å². The van der Waals surface area contributed by atoms with Crippen molar-refractivity contribution < 1.29 is 19.2 Å². The van der Waals surface area contributed by atoms with Crippen LogP contribution in [0, 0.1) is 15.9 Å². The Labute approximate surface area is 183 Å². The lowest BCUT2D eigenvalue weighted by Gasteiger charge is -2.05. The van der Waals surface area contributed by atoms with Crippen LogP contribution in [0.25, 0.3) is 44.5 Å². The van der Waals surface area contributed by atoms with Crippen LogP contribution in [0.3, 0.4) is 0 Å². The molecule has 0 radical (unpaired) electrons. The maximum Gasteiger partial charge on any atom is 0.335 e. The van der Waals surface area contributed by atoms with E-state index in [0.717, 1.165) is 11.1 Å². The van der Waals surface area contributed by atoms with Crippen LogP contribution < -0.4 is 5.56 Å². The van der Waals surface area contributed by atoms with Gasteiger partial charge in [-0.3, -0.25) is 14.9 Å². The number of carboxylic acid groups (broad SMARTS) is 1. The number of aromatic nitrogens is 3. The molecule has 0 bridgehead atoms. The third-order valence-electron chi connectivity index (χ3n) is 5.31. The fraction of sp³-hybridized carbons (Fsp3) is 0. The van der Waals surface area contributed by atoms with Gasteiger partial charge in [-0.05, 0) is 53.6 Å². The zero-order valence-electron chi connectivity index (χ0n) is 16.6. The van der Waals surface area contributed by atoms with E-state index in [9.17, 15) is 29.2 Å². The Morgan fingerprint density at radius 2 is 1.70 bits per heavy atom. The van der Waals surface area contributed by atoms with Gasteiger partial charge in [-0.2, -0.15) is 0 Å². The van der Waals surface area contributed by atoms with E-state index in [2.05, 4.69) is 15.0 Å². The highest BCUT2D eigenvalue weighted by molar-refractivity contribution is 6.01. The monoisotopic (exact) mass is 444 g/mol. The summed E-state index contributed by atoms with van der Waals surface area (Å²) in [6.45, 7) is 0. The maximum atomic E-state index is 13.2. The summed E-state index contributed by atoms with van der Waals surface area (Å²) < 4.78 is 13.2. The van der Waals surface area contributed by atoms with E-state index < -0.39 is 22.1 Å². The third kappa shape index (κ3) is 3.39. The molecule has 0 aliphatic heterocycles. The number of benzene rings is 3. The van der Waals surface area contributed by atoms with E-state index in [4.69, 9.17) is 0 Å². The van der Waals surface area contributed by atoms with Gasteiger partial charge in [0.1, 0.15) is 11.5 Å². The van der Waals surface area contributed by atoms with Gasteiger partial charge in [-0.25, -0.2) is 14.2 Å². The minimum atomic E-state index is -1.23. The highest BCUT2D eigenvalue weighted by atomic mass is 19.1. The Bertz CT molecular complexity index is 1650. The Balaban J connectivity index is 1.69. The van der Waals surface area contributed by atoms with E-state index in [1.165, 1.54) is 30.3 Å². The maximum absolute atomic E-state index is 13.2. The van der Waals surface area contributed by atoms with Gasteiger partial charge in [0.15, 0.2) is 5.69 Å². The molecule has 2 heterocycles. The normalized spacial score (nSPS) is 11.2. The molecule has 9 nitrogen and oxygen atoms in total. The van der Waals surface area contributed by atoms with Crippen molar-refractivity contribution in [2.24, 2.45) is 0 Å². The zero-order valence-corrected chi connectivity index (χ0v) is 16.6. The number of carbonyl (C=O) groups is 1. The summed E-state index contributed by atoms with van der Waals surface area (Å²) in [5.41, 5.74) is 1.02. The van der Waals surface area contributed by atoms with Crippen LogP contribution in [0.4, 0.5) is 10.1 Å². The predicted octanol–water partition coefficient (Wildman–Crippen LogP) is 4.48. The van der Waals surface area contributed by atoms with Crippen molar-refractivity contribution in [1.82, 2.24) is 15.0 Å². The third-order valence-corrected chi connectivity index (χ3v) is 5.31. The molecule has 5 rings (SSSR count). The van der Waals surface area contributed by atoms with E-state index in [1.54, 1.807) is 30.3 Å². The largest absolute Gasteiger partial charge is 0.478 e. The highest BCUT2D eigenvalue weighted by Crippen LogP contribution is 2.35. The van der Waals surface area contributed by atoms with Crippen molar-refractivity contribution in [1.29, 1.82) is 0 Å². The van der Waals surface area contributed by atoms with Gasteiger partial charge in [0.05, 0.1) is 32.4 Å². The van der Waals surface area contributed by atoms with Crippen LogP contribution >= 0.6 is 0 Å². The van der Waals surface area contributed by atoms with Gasteiger partial charge in [0, 0.05) is 0 Å². The second-order valence-corrected chi connectivity index (χ2v) is 7.32. The lowest BCUT2D eigenvalue weighted by atomic mass is 10.0. The SMILES string of the molecule is O=C(O)c1ccc2[nH]c(-c3nc4ccc(-c5ccc(F)cc5)cc4[nH]c3=O)c([N+](=O)[O-])c2c1. The van der Waals surface area contributed by atoms with Gasteiger partial charge in [-0.1, -0.05) is 18.2 Å². The molecule has 2 aromatic heterocycles. The number of hydrogen-bond donors (Lipinski definition) is 3. The van der Waals surface area contributed by atoms with Crippen LogP contribution in [-0.2, 0) is 0 Å². The first-order valence-electron chi connectivity index (χ1n) is 9.65. The molecular weight excluding hydrogens is 431 g/mol. The molecule has 0 fully saturated rings. The number of halogens is 1. The minimum absolute atomic E-state index is 0.0582. The molecule has 0 unspecified atom stereocenters.